The Bertz CT molecular complexity index is 1290. The Morgan fingerprint density at radius 3 is 2.61 bits per heavy atom. The fraction of sp³-hybridized carbons (Fsp3) is 0.105. The van der Waals surface area contributed by atoms with Gasteiger partial charge in [-0.2, -0.15) is 4.52 Å². The van der Waals surface area contributed by atoms with E-state index in [0.29, 0.717) is 22.9 Å². The van der Waals surface area contributed by atoms with Gasteiger partial charge in [-0.15, -0.1) is 25.5 Å². The Kier molecular flexibility index (Phi) is 3.71. The van der Waals surface area contributed by atoms with Gasteiger partial charge in [0.2, 0.25) is 0 Å². The van der Waals surface area contributed by atoms with E-state index in [4.69, 9.17) is 0 Å². The molecule has 0 aliphatic heterocycles. The summed E-state index contributed by atoms with van der Waals surface area (Å²) >= 11 is 0. The first-order valence-electron chi connectivity index (χ1n) is 8.74. The van der Waals surface area contributed by atoms with Gasteiger partial charge in [0, 0.05) is 6.20 Å². The van der Waals surface area contributed by atoms with Crippen LogP contribution in [0.2, 0.25) is 0 Å². The molecule has 0 bridgehead atoms. The first-order chi connectivity index (χ1) is 13.7. The smallest absolute Gasteiger partial charge is 0.188 e. The van der Waals surface area contributed by atoms with Gasteiger partial charge < -0.3 is 5.32 Å². The van der Waals surface area contributed by atoms with E-state index in [1.54, 1.807) is 30.3 Å². The molecule has 9 heteroatoms. The molecule has 0 aliphatic rings. The normalized spacial score (nSPS) is 12.5. The molecule has 4 heterocycles. The van der Waals surface area contributed by atoms with Crippen LogP contribution in [0, 0.1) is 5.82 Å². The molecule has 1 aromatic carbocycles. The molecule has 0 amide bonds. The van der Waals surface area contributed by atoms with Crippen LogP contribution in [-0.4, -0.2) is 34.4 Å². The van der Waals surface area contributed by atoms with E-state index in [0.717, 1.165) is 11.5 Å². The van der Waals surface area contributed by atoms with Crippen molar-refractivity contribution < 1.29 is 4.39 Å². The van der Waals surface area contributed by atoms with Crippen LogP contribution in [0.15, 0.2) is 60.8 Å². The maximum absolute atomic E-state index is 14.2. The number of fused-ring (bicyclic) bond motifs is 2. The number of rotatable bonds is 4. The van der Waals surface area contributed by atoms with Crippen molar-refractivity contribution >= 4 is 17.1 Å². The van der Waals surface area contributed by atoms with Crippen LogP contribution in [0.5, 0.6) is 0 Å². The van der Waals surface area contributed by atoms with Gasteiger partial charge in [-0.1, -0.05) is 18.2 Å². The summed E-state index contributed by atoms with van der Waals surface area (Å²) in [5.74, 6) is 1.32. The third-order valence-corrected chi connectivity index (χ3v) is 4.47. The Labute approximate surface area is 158 Å². The first-order valence-corrected chi connectivity index (χ1v) is 8.74. The van der Waals surface area contributed by atoms with Crippen molar-refractivity contribution in [2.75, 3.05) is 5.32 Å². The molecule has 8 nitrogen and oxygen atoms in total. The second-order valence-electron chi connectivity index (χ2n) is 6.35. The summed E-state index contributed by atoms with van der Waals surface area (Å²) in [5.41, 5.74) is 1.65. The quantitative estimate of drug-likeness (QED) is 0.520. The number of hydrogen-bond acceptors (Lipinski definition) is 6. The Balaban J connectivity index is 1.51. The lowest BCUT2D eigenvalue weighted by atomic mass is 10.2. The molecule has 0 saturated carbocycles. The summed E-state index contributed by atoms with van der Waals surface area (Å²) in [5, 5.41) is 24.5. The fourth-order valence-electron chi connectivity index (χ4n) is 3.12. The highest BCUT2D eigenvalue weighted by molar-refractivity contribution is 5.60. The molecule has 0 spiro atoms. The van der Waals surface area contributed by atoms with Crippen LogP contribution in [0.4, 0.5) is 10.2 Å². The van der Waals surface area contributed by atoms with Gasteiger partial charge in [-0.05, 0) is 43.3 Å². The van der Waals surface area contributed by atoms with Crippen molar-refractivity contribution in [3.05, 3.63) is 72.4 Å². The van der Waals surface area contributed by atoms with Crippen molar-refractivity contribution in [1.29, 1.82) is 0 Å². The molecule has 1 unspecified atom stereocenters. The number of nitrogens with zero attached hydrogens (tertiary/aromatic N) is 7. The van der Waals surface area contributed by atoms with Crippen LogP contribution >= 0.6 is 0 Å². The van der Waals surface area contributed by atoms with Gasteiger partial charge in [0.1, 0.15) is 11.6 Å². The van der Waals surface area contributed by atoms with Gasteiger partial charge in [-0.25, -0.2) is 4.39 Å². The van der Waals surface area contributed by atoms with Crippen LogP contribution < -0.4 is 5.32 Å². The maximum Gasteiger partial charge on any atom is 0.188 e. The van der Waals surface area contributed by atoms with E-state index in [-0.39, 0.29) is 11.9 Å². The third-order valence-electron chi connectivity index (χ3n) is 4.47. The van der Waals surface area contributed by atoms with E-state index in [2.05, 4.69) is 30.8 Å². The predicted molar refractivity (Wildman–Crippen MR) is 101 cm³/mol. The standard InChI is InChI=1S/C19H15FN8/c1-12(18-24-22-16-8-4-5-11-27(16)18)21-15-9-10-17-23-25-19(28(17)26-15)13-6-2-3-7-14(13)20/h2-12H,1H3,(H,21,26). The molecular weight excluding hydrogens is 359 g/mol. The molecule has 5 aromatic rings. The molecule has 1 atom stereocenters. The van der Waals surface area contributed by atoms with E-state index >= 15 is 0 Å². The van der Waals surface area contributed by atoms with E-state index in [1.807, 2.05) is 35.7 Å². The Morgan fingerprint density at radius 2 is 1.71 bits per heavy atom. The minimum absolute atomic E-state index is 0.157. The molecule has 1 N–H and O–H groups in total. The molecule has 138 valence electrons. The zero-order valence-electron chi connectivity index (χ0n) is 14.9. The lowest BCUT2D eigenvalue weighted by molar-refractivity contribution is 0.629. The topological polar surface area (TPSA) is 85.3 Å². The van der Waals surface area contributed by atoms with Gasteiger partial charge in [-0.3, -0.25) is 4.40 Å². The summed E-state index contributed by atoms with van der Waals surface area (Å²) in [4.78, 5) is 0. The molecule has 5 rings (SSSR count). The van der Waals surface area contributed by atoms with E-state index in [9.17, 15) is 4.39 Å². The minimum atomic E-state index is -0.375. The largest absolute Gasteiger partial charge is 0.359 e. The third kappa shape index (κ3) is 2.64. The van der Waals surface area contributed by atoms with E-state index < -0.39 is 0 Å². The summed E-state index contributed by atoms with van der Waals surface area (Å²) in [7, 11) is 0. The second kappa shape index (κ2) is 6.38. The fourth-order valence-corrected chi connectivity index (χ4v) is 3.12. The molecule has 28 heavy (non-hydrogen) atoms. The lowest BCUT2D eigenvalue weighted by Crippen LogP contribution is -2.12. The highest BCUT2D eigenvalue weighted by Crippen LogP contribution is 2.22. The van der Waals surface area contributed by atoms with Crippen molar-refractivity contribution in [3.63, 3.8) is 0 Å². The van der Waals surface area contributed by atoms with Crippen molar-refractivity contribution in [2.45, 2.75) is 13.0 Å². The Morgan fingerprint density at radius 1 is 0.893 bits per heavy atom. The highest BCUT2D eigenvalue weighted by Gasteiger charge is 2.16. The van der Waals surface area contributed by atoms with Crippen LogP contribution in [0.25, 0.3) is 22.7 Å². The molecule has 0 saturated heterocycles. The van der Waals surface area contributed by atoms with Gasteiger partial charge in [0.25, 0.3) is 0 Å². The van der Waals surface area contributed by atoms with E-state index in [1.165, 1.54) is 10.6 Å². The predicted octanol–water partition coefficient (Wildman–Crippen LogP) is 3.15. The van der Waals surface area contributed by atoms with Gasteiger partial charge in [0.15, 0.2) is 22.9 Å². The molecule has 0 fully saturated rings. The van der Waals surface area contributed by atoms with Crippen LogP contribution in [0.1, 0.15) is 18.8 Å². The van der Waals surface area contributed by atoms with Crippen molar-refractivity contribution in [1.82, 2.24) is 34.4 Å². The zero-order chi connectivity index (χ0) is 19.1. The minimum Gasteiger partial charge on any atom is -0.359 e. The molecular formula is C19H15FN8. The Hall–Kier alpha value is -3.88. The first kappa shape index (κ1) is 16.3. The number of nitrogens with one attached hydrogen (secondary N) is 1. The summed E-state index contributed by atoms with van der Waals surface area (Å²) in [6.45, 7) is 1.97. The highest BCUT2D eigenvalue weighted by atomic mass is 19.1. The maximum atomic E-state index is 14.2. The zero-order valence-corrected chi connectivity index (χ0v) is 14.9. The second-order valence-corrected chi connectivity index (χ2v) is 6.35. The molecule has 0 aliphatic carbocycles. The lowest BCUT2D eigenvalue weighted by Gasteiger charge is -2.13. The number of hydrogen-bond donors (Lipinski definition) is 1. The number of aromatic nitrogens is 7. The monoisotopic (exact) mass is 374 g/mol. The summed E-state index contributed by atoms with van der Waals surface area (Å²) in [6, 6.07) is 15.6. The van der Waals surface area contributed by atoms with Gasteiger partial charge >= 0.3 is 0 Å². The van der Waals surface area contributed by atoms with Gasteiger partial charge in [0.05, 0.1) is 11.6 Å². The summed E-state index contributed by atoms with van der Waals surface area (Å²) < 4.78 is 17.6. The van der Waals surface area contributed by atoms with Crippen LogP contribution in [-0.2, 0) is 0 Å². The summed E-state index contributed by atoms with van der Waals surface area (Å²) in [6.07, 6.45) is 1.91. The number of anilines is 1. The SMILES string of the molecule is CC(Nc1ccc2nnc(-c3ccccc3F)n2n1)c1nnc2ccccn12. The average Bonchev–Trinajstić information content (AvgIpc) is 3.32. The molecule has 0 radical (unpaired) electrons. The van der Waals surface area contributed by atoms with Crippen LogP contribution in [0.3, 0.4) is 0 Å². The number of halogens is 1. The average molecular weight is 374 g/mol. The number of pyridine rings is 1. The van der Waals surface area contributed by atoms with Crippen molar-refractivity contribution in [2.24, 2.45) is 0 Å². The number of benzene rings is 1. The van der Waals surface area contributed by atoms with Crippen molar-refractivity contribution in [3.8, 4) is 11.4 Å². The molecule has 4 aromatic heterocycles.